The van der Waals surface area contributed by atoms with Crippen LogP contribution in [0.2, 0.25) is 0 Å². The molecule has 2 aliphatic heterocycles. The maximum atomic E-state index is 14.8. The molecule has 3 aromatic heterocycles. The topological polar surface area (TPSA) is 91.7 Å². The van der Waals surface area contributed by atoms with Crippen LogP contribution in [0.1, 0.15) is 38.9 Å². The summed E-state index contributed by atoms with van der Waals surface area (Å²) in [7, 11) is 0. The first kappa shape index (κ1) is 19.7. The Morgan fingerprint density at radius 1 is 1.15 bits per heavy atom. The number of amides is 1. The molecule has 0 fully saturated rings. The third kappa shape index (κ3) is 3.05. The van der Waals surface area contributed by atoms with E-state index >= 15 is 0 Å². The summed E-state index contributed by atoms with van der Waals surface area (Å²) in [4.78, 5) is 20.9. The highest BCUT2D eigenvalue weighted by molar-refractivity contribution is 5.93. The highest BCUT2D eigenvalue weighted by Gasteiger charge is 2.32. The third-order valence-corrected chi connectivity index (χ3v) is 6.51. The van der Waals surface area contributed by atoms with Crippen LogP contribution in [0, 0.1) is 12.7 Å². The van der Waals surface area contributed by atoms with Gasteiger partial charge in [-0.15, -0.1) is 0 Å². The van der Waals surface area contributed by atoms with E-state index in [2.05, 4.69) is 9.97 Å². The van der Waals surface area contributed by atoms with Crippen LogP contribution in [0.15, 0.2) is 42.7 Å². The lowest BCUT2D eigenvalue weighted by atomic mass is 9.93. The van der Waals surface area contributed by atoms with Crippen molar-refractivity contribution in [2.45, 2.75) is 25.7 Å². The van der Waals surface area contributed by atoms with Gasteiger partial charge in [0, 0.05) is 34.8 Å². The normalized spacial score (nSPS) is 16.7. The molecule has 7 nitrogen and oxygen atoms in total. The molecular formula is C25H21FN4O3. The van der Waals surface area contributed by atoms with E-state index in [-0.39, 0.29) is 17.4 Å². The summed E-state index contributed by atoms with van der Waals surface area (Å²) in [6.45, 7) is 2.73. The standard InChI is InChI=1S/C25H21FN4O3/c1-13-15(3-2-8-28-13)17-9-22-20(30-10-19(24(27)31)29-25(17)30)6-4-16-18(26)5-7-21-23(16)14(11-32-21)12-33-22/h2-3,5,7-10,14H,4,6,11-12H2,1H3,(H2,27,31)/t14-/m1/s1. The van der Waals surface area contributed by atoms with Gasteiger partial charge in [-0.2, -0.15) is 0 Å². The molecule has 166 valence electrons. The van der Waals surface area contributed by atoms with Crippen molar-refractivity contribution in [1.29, 1.82) is 0 Å². The van der Waals surface area contributed by atoms with Crippen molar-refractivity contribution in [3.8, 4) is 22.6 Å². The van der Waals surface area contributed by atoms with E-state index in [0.29, 0.717) is 43.0 Å². The minimum absolute atomic E-state index is 0.0557. The van der Waals surface area contributed by atoms with Crippen LogP contribution in [-0.2, 0) is 12.8 Å². The number of ether oxygens (including phenoxy) is 2. The van der Waals surface area contributed by atoms with Gasteiger partial charge in [0.15, 0.2) is 0 Å². The van der Waals surface area contributed by atoms with E-state index in [9.17, 15) is 9.18 Å². The van der Waals surface area contributed by atoms with E-state index in [1.165, 1.54) is 6.07 Å². The molecule has 5 heterocycles. The predicted octanol–water partition coefficient (Wildman–Crippen LogP) is 3.60. The van der Waals surface area contributed by atoms with Crippen molar-refractivity contribution < 1.29 is 18.7 Å². The molecule has 0 radical (unpaired) electrons. The molecule has 2 N–H and O–H groups in total. The average Bonchev–Trinajstić information content (AvgIpc) is 3.43. The number of halogens is 1. The van der Waals surface area contributed by atoms with Crippen LogP contribution in [-0.4, -0.2) is 33.5 Å². The summed E-state index contributed by atoms with van der Waals surface area (Å²) in [5, 5.41) is 0. The highest BCUT2D eigenvalue weighted by atomic mass is 19.1. The van der Waals surface area contributed by atoms with Gasteiger partial charge in [-0.3, -0.25) is 14.2 Å². The van der Waals surface area contributed by atoms with Crippen LogP contribution in [0.25, 0.3) is 16.8 Å². The number of benzene rings is 1. The number of aryl methyl sites for hydroxylation is 2. The molecule has 1 aromatic carbocycles. The Labute approximate surface area is 189 Å². The molecule has 6 rings (SSSR count). The van der Waals surface area contributed by atoms with Crippen LogP contribution in [0.3, 0.4) is 0 Å². The molecule has 0 bridgehead atoms. The zero-order valence-corrected chi connectivity index (χ0v) is 18.0. The monoisotopic (exact) mass is 444 g/mol. The molecule has 0 saturated heterocycles. The number of carbonyl (C=O) groups excluding carboxylic acids is 1. The predicted molar refractivity (Wildman–Crippen MR) is 119 cm³/mol. The van der Waals surface area contributed by atoms with Crippen molar-refractivity contribution >= 4 is 11.6 Å². The molecule has 1 amide bonds. The van der Waals surface area contributed by atoms with Gasteiger partial charge in [0.05, 0.1) is 24.8 Å². The number of hydrogen-bond donors (Lipinski definition) is 1. The number of primary amides is 1. The maximum absolute atomic E-state index is 14.8. The van der Waals surface area contributed by atoms with Gasteiger partial charge in [0.1, 0.15) is 28.7 Å². The second-order valence-corrected chi connectivity index (χ2v) is 8.45. The summed E-state index contributed by atoms with van der Waals surface area (Å²) in [5.74, 6) is 0.477. The molecule has 4 aromatic rings. The second kappa shape index (κ2) is 7.30. The van der Waals surface area contributed by atoms with Crippen LogP contribution in [0.5, 0.6) is 11.5 Å². The molecule has 0 unspecified atom stereocenters. The van der Waals surface area contributed by atoms with E-state index in [0.717, 1.165) is 33.8 Å². The Morgan fingerprint density at radius 2 is 1.97 bits per heavy atom. The van der Waals surface area contributed by atoms with E-state index < -0.39 is 5.91 Å². The minimum atomic E-state index is -0.613. The lowest BCUT2D eigenvalue weighted by Gasteiger charge is -2.17. The molecule has 1 atom stereocenters. The Bertz CT molecular complexity index is 1450. The van der Waals surface area contributed by atoms with E-state index in [1.807, 2.05) is 29.5 Å². The van der Waals surface area contributed by atoms with Gasteiger partial charge in [0.2, 0.25) is 0 Å². The lowest BCUT2D eigenvalue weighted by Crippen LogP contribution is -2.13. The Balaban J connectivity index is 1.58. The lowest BCUT2D eigenvalue weighted by molar-refractivity contribution is 0.0996. The van der Waals surface area contributed by atoms with Crippen molar-refractivity contribution in [3.05, 3.63) is 76.8 Å². The zero-order valence-electron chi connectivity index (χ0n) is 18.0. The van der Waals surface area contributed by atoms with Crippen LogP contribution < -0.4 is 15.2 Å². The van der Waals surface area contributed by atoms with Crippen molar-refractivity contribution in [3.63, 3.8) is 0 Å². The van der Waals surface area contributed by atoms with Gasteiger partial charge in [0.25, 0.3) is 5.91 Å². The molecule has 2 aliphatic rings. The number of carbonyl (C=O) groups is 1. The Morgan fingerprint density at radius 3 is 2.76 bits per heavy atom. The molecule has 0 saturated carbocycles. The molecule has 8 heteroatoms. The number of fused-ring (bicyclic) bond motifs is 3. The van der Waals surface area contributed by atoms with Crippen LogP contribution in [0.4, 0.5) is 4.39 Å². The fourth-order valence-corrected chi connectivity index (χ4v) is 4.91. The smallest absolute Gasteiger partial charge is 0.268 e. The minimum Gasteiger partial charge on any atom is -0.493 e. The second-order valence-electron chi connectivity index (χ2n) is 8.45. The number of nitrogens with zero attached hydrogens (tertiary/aromatic N) is 3. The average molecular weight is 444 g/mol. The zero-order chi connectivity index (χ0) is 22.7. The number of imidazole rings is 1. The van der Waals surface area contributed by atoms with Gasteiger partial charge in [-0.1, -0.05) is 6.07 Å². The van der Waals surface area contributed by atoms with Gasteiger partial charge in [-0.05, 0) is 49.6 Å². The molecular weight excluding hydrogens is 423 g/mol. The van der Waals surface area contributed by atoms with Gasteiger partial charge >= 0.3 is 0 Å². The Hall–Kier alpha value is -3.94. The first-order chi connectivity index (χ1) is 16.0. The number of pyridine rings is 2. The third-order valence-electron chi connectivity index (χ3n) is 6.51. The summed E-state index contributed by atoms with van der Waals surface area (Å²) in [6, 6.07) is 8.91. The summed E-state index contributed by atoms with van der Waals surface area (Å²) in [5.41, 5.74) is 11.2. The fourth-order valence-electron chi connectivity index (χ4n) is 4.91. The highest BCUT2D eigenvalue weighted by Crippen LogP contribution is 2.41. The van der Waals surface area contributed by atoms with Crippen molar-refractivity contribution in [2.75, 3.05) is 13.2 Å². The van der Waals surface area contributed by atoms with E-state index in [1.54, 1.807) is 18.5 Å². The summed E-state index contributed by atoms with van der Waals surface area (Å²) < 4.78 is 28.8. The SMILES string of the molecule is Cc1ncccc1-c1cc2c(n3cc(C(N)=O)nc13)CCc1c(F)ccc3c1[C@H](CO3)CO2. The summed E-state index contributed by atoms with van der Waals surface area (Å²) >= 11 is 0. The van der Waals surface area contributed by atoms with Gasteiger partial charge in [-0.25, -0.2) is 9.37 Å². The van der Waals surface area contributed by atoms with Gasteiger partial charge < -0.3 is 15.2 Å². The number of aromatic nitrogens is 3. The molecule has 0 aliphatic carbocycles. The summed E-state index contributed by atoms with van der Waals surface area (Å²) in [6.07, 6.45) is 4.32. The Kier molecular flexibility index (Phi) is 4.36. The first-order valence-corrected chi connectivity index (χ1v) is 10.8. The molecule has 0 spiro atoms. The fraction of sp³-hybridized carbons (Fsp3) is 0.240. The largest absolute Gasteiger partial charge is 0.493 e. The molecule has 33 heavy (non-hydrogen) atoms. The van der Waals surface area contributed by atoms with Crippen molar-refractivity contribution in [1.82, 2.24) is 14.4 Å². The number of hydrogen-bond acceptors (Lipinski definition) is 5. The van der Waals surface area contributed by atoms with Crippen molar-refractivity contribution in [2.24, 2.45) is 5.73 Å². The van der Waals surface area contributed by atoms with Crippen LogP contribution >= 0.6 is 0 Å². The first-order valence-electron chi connectivity index (χ1n) is 10.8. The maximum Gasteiger partial charge on any atom is 0.268 e. The van der Waals surface area contributed by atoms with E-state index in [4.69, 9.17) is 15.2 Å². The number of rotatable bonds is 2. The number of nitrogens with two attached hydrogens (primary N) is 1. The quantitative estimate of drug-likeness (QED) is 0.510.